The van der Waals surface area contributed by atoms with E-state index in [1.807, 2.05) is 0 Å². The Kier molecular flexibility index (Phi) is 6.21. The summed E-state index contributed by atoms with van der Waals surface area (Å²) in [7, 11) is 0. The van der Waals surface area contributed by atoms with Gasteiger partial charge in [-0.1, -0.05) is 0 Å². The van der Waals surface area contributed by atoms with Crippen molar-refractivity contribution in [3.63, 3.8) is 0 Å². The third-order valence-electron chi connectivity index (χ3n) is 5.63. The minimum Gasteiger partial charge on any atom is -1.00 e. The molecule has 1 unspecified atom stereocenters. The zero-order valence-corrected chi connectivity index (χ0v) is 19.7. The number of benzene rings is 3. The summed E-state index contributed by atoms with van der Waals surface area (Å²) in [6, 6.07) is 22.4. The largest absolute Gasteiger partial charge is 1.00 e. The van der Waals surface area contributed by atoms with Gasteiger partial charge in [0, 0.05) is 0 Å². The van der Waals surface area contributed by atoms with Gasteiger partial charge in [0.05, 0.1) is 0 Å². The summed E-state index contributed by atoms with van der Waals surface area (Å²) < 4.78 is 1.50. The minimum absolute atomic E-state index is 0. The van der Waals surface area contributed by atoms with Gasteiger partial charge in [0.1, 0.15) is 0 Å². The SMILES string of the molecule is CC(C)=c1ccc2c(c1C1C=Cc3ccccc31)[C]([Zr+2])=c1ccccc1=2.[Cl-].[Cl-]. The average molecular weight is 482 g/mol. The maximum absolute atomic E-state index is 2.39. The van der Waals surface area contributed by atoms with Crippen LogP contribution in [0.4, 0.5) is 0 Å². The third-order valence-corrected chi connectivity index (χ3v) is 6.91. The fourth-order valence-electron chi connectivity index (χ4n) is 4.44. The van der Waals surface area contributed by atoms with Crippen molar-refractivity contribution in [1.82, 2.24) is 0 Å². The number of rotatable bonds is 1. The van der Waals surface area contributed by atoms with Gasteiger partial charge < -0.3 is 24.8 Å². The summed E-state index contributed by atoms with van der Waals surface area (Å²) in [5.74, 6) is 0.343. The molecule has 5 rings (SSSR count). The molecule has 137 valence electrons. The topological polar surface area (TPSA) is 0 Å². The van der Waals surface area contributed by atoms with Crippen LogP contribution in [-0.2, 0) is 24.7 Å². The second kappa shape index (κ2) is 8.15. The first-order chi connectivity index (χ1) is 12.7. The second-order valence-corrected chi connectivity index (χ2v) is 8.56. The van der Waals surface area contributed by atoms with Gasteiger partial charge in [0.15, 0.2) is 0 Å². The zero-order valence-electron chi connectivity index (χ0n) is 15.8. The van der Waals surface area contributed by atoms with Crippen molar-refractivity contribution in [2.75, 3.05) is 0 Å². The summed E-state index contributed by atoms with van der Waals surface area (Å²) >= 11 is 1.49. The minimum atomic E-state index is 0. The fraction of sp³-hybridized carbons (Fsp3) is 0.120. The third kappa shape index (κ3) is 3.09. The summed E-state index contributed by atoms with van der Waals surface area (Å²) in [4.78, 5) is 0. The van der Waals surface area contributed by atoms with Gasteiger partial charge in [-0.3, -0.25) is 0 Å². The van der Waals surface area contributed by atoms with Gasteiger partial charge in [-0.15, -0.1) is 0 Å². The molecule has 0 heterocycles. The van der Waals surface area contributed by atoms with E-state index in [2.05, 4.69) is 86.7 Å². The molecule has 28 heavy (non-hydrogen) atoms. The Balaban J connectivity index is 0.00000112. The number of fused-ring (bicyclic) bond motifs is 3. The van der Waals surface area contributed by atoms with Gasteiger partial charge >= 0.3 is 169 Å². The Morgan fingerprint density at radius 2 is 1.46 bits per heavy atom. The van der Waals surface area contributed by atoms with Crippen LogP contribution in [0.25, 0.3) is 14.9 Å². The number of halogens is 2. The molecule has 0 saturated carbocycles. The molecule has 3 aromatic rings. The Morgan fingerprint density at radius 1 is 0.786 bits per heavy atom. The maximum atomic E-state index is 2.39. The van der Waals surface area contributed by atoms with Crippen LogP contribution in [0.5, 0.6) is 0 Å². The van der Waals surface area contributed by atoms with Crippen LogP contribution in [0.1, 0.15) is 42.0 Å². The molecule has 0 aromatic heterocycles. The van der Waals surface area contributed by atoms with E-state index in [0.717, 1.165) is 0 Å². The van der Waals surface area contributed by atoms with Crippen molar-refractivity contribution in [3.8, 4) is 0 Å². The molecule has 3 heteroatoms. The predicted molar refractivity (Wildman–Crippen MR) is 104 cm³/mol. The zero-order chi connectivity index (χ0) is 17.8. The quantitative estimate of drug-likeness (QED) is 0.391. The van der Waals surface area contributed by atoms with E-state index in [4.69, 9.17) is 0 Å². The summed E-state index contributed by atoms with van der Waals surface area (Å²) in [5.41, 5.74) is 7.15. The molecule has 0 fully saturated rings. The van der Waals surface area contributed by atoms with E-state index >= 15 is 0 Å². The normalized spacial score (nSPS) is 15.3. The van der Waals surface area contributed by atoms with E-state index < -0.39 is 0 Å². The van der Waals surface area contributed by atoms with Gasteiger partial charge in [-0.2, -0.15) is 0 Å². The first-order valence-electron chi connectivity index (χ1n) is 9.10. The number of allylic oxidation sites excluding steroid dienone is 1. The molecule has 0 N–H and O–H groups in total. The van der Waals surface area contributed by atoms with Crippen LogP contribution in [0.3, 0.4) is 0 Å². The Bertz CT molecular complexity index is 1320. The molecule has 0 radical (unpaired) electrons. The van der Waals surface area contributed by atoms with Crippen molar-refractivity contribution in [2.45, 2.75) is 19.8 Å². The molecular weight excluding hydrogens is 462 g/mol. The fourth-order valence-corrected chi connectivity index (χ4v) is 5.64. The van der Waals surface area contributed by atoms with Crippen LogP contribution in [0.2, 0.25) is 0 Å². The maximum Gasteiger partial charge on any atom is -1.00 e. The van der Waals surface area contributed by atoms with Crippen molar-refractivity contribution in [2.24, 2.45) is 0 Å². The van der Waals surface area contributed by atoms with Gasteiger partial charge in [0.25, 0.3) is 0 Å². The molecule has 1 atom stereocenters. The second-order valence-electron chi connectivity index (χ2n) is 7.34. The molecule has 2 aliphatic carbocycles. The van der Waals surface area contributed by atoms with Crippen LogP contribution in [0, 0.1) is 10.4 Å². The van der Waals surface area contributed by atoms with Crippen molar-refractivity contribution in [1.29, 1.82) is 0 Å². The average Bonchev–Trinajstić information content (AvgIpc) is 3.21. The van der Waals surface area contributed by atoms with Gasteiger partial charge in [-0.25, -0.2) is 0 Å². The molecule has 0 saturated heterocycles. The molecule has 2 aliphatic rings. The van der Waals surface area contributed by atoms with E-state index in [-0.39, 0.29) is 24.8 Å². The monoisotopic (exact) mass is 479 g/mol. The molecular formula is C25H19Cl2Zr. The van der Waals surface area contributed by atoms with E-state index in [1.165, 1.54) is 76.7 Å². The van der Waals surface area contributed by atoms with Crippen LogP contribution < -0.4 is 35.3 Å². The molecule has 0 aliphatic heterocycles. The van der Waals surface area contributed by atoms with Gasteiger partial charge in [-0.05, 0) is 0 Å². The summed E-state index contributed by atoms with van der Waals surface area (Å²) in [6.07, 6.45) is 4.68. The Labute approximate surface area is 193 Å². The molecule has 0 bridgehead atoms. The summed E-state index contributed by atoms with van der Waals surface area (Å²) in [6.45, 7) is 4.47. The first kappa shape index (κ1) is 21.3. The van der Waals surface area contributed by atoms with E-state index in [9.17, 15) is 0 Å². The van der Waals surface area contributed by atoms with E-state index in [1.54, 1.807) is 0 Å². The van der Waals surface area contributed by atoms with Crippen LogP contribution in [-0.4, -0.2) is 0 Å². The number of hydrogen-bond acceptors (Lipinski definition) is 0. The summed E-state index contributed by atoms with van der Waals surface area (Å²) in [5, 5.41) is 5.63. The Morgan fingerprint density at radius 3 is 2.21 bits per heavy atom. The predicted octanol–water partition coefficient (Wildman–Crippen LogP) is -1.65. The standard InChI is InChI=1S/C25H19.2ClH.Zr/c1-16(2)19-13-14-22-21-10-6-4-8-18(21)15-24(22)25(19)23-12-11-17-7-3-5-9-20(17)23;;;/h3-14,23H,1-2H3;2*1H;/q;;;+2/p-2. The molecule has 0 amide bonds. The van der Waals surface area contributed by atoms with Gasteiger partial charge in [0.2, 0.25) is 0 Å². The molecule has 3 aromatic carbocycles. The van der Waals surface area contributed by atoms with Crippen molar-refractivity contribution >= 4 is 14.9 Å². The Hall–Kier alpha value is -1.40. The van der Waals surface area contributed by atoms with Crippen molar-refractivity contribution < 1.29 is 49.5 Å². The molecule has 0 spiro atoms. The first-order valence-corrected chi connectivity index (χ1v) is 10.3. The van der Waals surface area contributed by atoms with E-state index in [0.29, 0.717) is 5.92 Å². The van der Waals surface area contributed by atoms with Crippen LogP contribution in [0.15, 0.2) is 66.7 Å². The smallest absolute Gasteiger partial charge is 1.00 e. The number of hydrogen-bond donors (Lipinski definition) is 0. The van der Waals surface area contributed by atoms with Crippen molar-refractivity contribution in [3.05, 3.63) is 110 Å². The molecule has 0 nitrogen and oxygen atoms in total. The van der Waals surface area contributed by atoms with Crippen LogP contribution >= 0.6 is 0 Å².